The molecular formula is C25H26ClNO3. The van der Waals surface area contributed by atoms with Gasteiger partial charge < -0.3 is 9.30 Å². The van der Waals surface area contributed by atoms with Gasteiger partial charge in [-0.15, -0.1) is 0 Å². The van der Waals surface area contributed by atoms with Crippen LogP contribution in [0, 0.1) is 13.8 Å². The fourth-order valence-corrected chi connectivity index (χ4v) is 3.61. The van der Waals surface area contributed by atoms with Crippen LogP contribution in [0.25, 0.3) is 0 Å². The number of ether oxygens (including phenoxy) is 1. The van der Waals surface area contributed by atoms with Crippen molar-refractivity contribution in [2.45, 2.75) is 40.2 Å². The Morgan fingerprint density at radius 3 is 2.27 bits per heavy atom. The first-order chi connectivity index (χ1) is 14.4. The maximum absolute atomic E-state index is 12.7. The summed E-state index contributed by atoms with van der Waals surface area (Å²) in [7, 11) is 0. The van der Waals surface area contributed by atoms with Crippen LogP contribution in [0.1, 0.15) is 51.0 Å². The van der Waals surface area contributed by atoms with Gasteiger partial charge in [0, 0.05) is 40.5 Å². The quantitative estimate of drug-likeness (QED) is 0.405. The summed E-state index contributed by atoms with van der Waals surface area (Å²) in [5, 5.41) is 0.728. The Balaban J connectivity index is 1.62. The van der Waals surface area contributed by atoms with Gasteiger partial charge in [0.1, 0.15) is 5.75 Å². The molecule has 3 rings (SSSR count). The van der Waals surface area contributed by atoms with Crippen LogP contribution in [0.15, 0.2) is 54.6 Å². The van der Waals surface area contributed by atoms with E-state index in [0.717, 1.165) is 29.4 Å². The fourth-order valence-electron chi connectivity index (χ4n) is 3.49. The van der Waals surface area contributed by atoms with Gasteiger partial charge in [-0.2, -0.15) is 0 Å². The highest BCUT2D eigenvalue weighted by atomic mass is 35.5. The lowest BCUT2D eigenvalue weighted by Crippen LogP contribution is -2.13. The number of aryl methyl sites for hydroxylation is 2. The van der Waals surface area contributed by atoms with Gasteiger partial charge in [0.25, 0.3) is 0 Å². The second kappa shape index (κ2) is 9.77. The summed E-state index contributed by atoms with van der Waals surface area (Å²) in [5.74, 6) is 0.603. The maximum atomic E-state index is 12.7. The Kier molecular flexibility index (Phi) is 7.11. The first kappa shape index (κ1) is 21.8. The van der Waals surface area contributed by atoms with Crippen LogP contribution in [0.3, 0.4) is 0 Å². The first-order valence-corrected chi connectivity index (χ1v) is 10.5. The van der Waals surface area contributed by atoms with Crippen molar-refractivity contribution in [3.63, 3.8) is 0 Å². The minimum Gasteiger partial charge on any atom is -0.485 e. The van der Waals surface area contributed by atoms with E-state index in [1.54, 1.807) is 24.3 Å². The van der Waals surface area contributed by atoms with Gasteiger partial charge in [0.2, 0.25) is 5.78 Å². The van der Waals surface area contributed by atoms with E-state index in [-0.39, 0.29) is 18.2 Å². The van der Waals surface area contributed by atoms with Crippen molar-refractivity contribution in [3.8, 4) is 5.75 Å². The summed E-state index contributed by atoms with van der Waals surface area (Å²) in [6, 6.07) is 16.7. The number of benzene rings is 2. The summed E-state index contributed by atoms with van der Waals surface area (Å²) < 4.78 is 7.81. The van der Waals surface area contributed by atoms with E-state index in [0.29, 0.717) is 23.3 Å². The highest BCUT2D eigenvalue weighted by molar-refractivity contribution is 6.30. The molecule has 1 aromatic heterocycles. The molecule has 0 spiro atoms. The molecule has 156 valence electrons. The monoisotopic (exact) mass is 423 g/mol. The predicted octanol–water partition coefficient (Wildman–Crippen LogP) is 5.86. The smallest absolute Gasteiger partial charge is 0.202 e. The molecule has 0 atom stereocenters. The standard InChI is InChI=1S/C25H26ClNO3/c1-4-24(28)20-7-11-22(12-8-20)30-16-25(29)23-15-17(2)27(18(23)3)14-13-19-5-9-21(26)10-6-19/h5-12,15H,4,13-14,16H2,1-3H3. The van der Waals surface area contributed by atoms with E-state index in [4.69, 9.17) is 16.3 Å². The average molecular weight is 424 g/mol. The third-order valence-electron chi connectivity index (χ3n) is 5.28. The van der Waals surface area contributed by atoms with Crippen LogP contribution in [-0.4, -0.2) is 22.7 Å². The van der Waals surface area contributed by atoms with Crippen molar-refractivity contribution in [1.82, 2.24) is 4.57 Å². The van der Waals surface area contributed by atoms with Crippen LogP contribution in [0.2, 0.25) is 5.02 Å². The molecule has 3 aromatic rings. The number of carbonyl (C=O) groups is 2. The fraction of sp³-hybridized carbons (Fsp3) is 0.280. The van der Waals surface area contributed by atoms with E-state index in [1.165, 1.54) is 5.56 Å². The Labute approximate surface area is 182 Å². The molecule has 0 unspecified atom stereocenters. The molecule has 0 aliphatic rings. The van der Waals surface area contributed by atoms with E-state index >= 15 is 0 Å². The predicted molar refractivity (Wildman–Crippen MR) is 120 cm³/mol. The van der Waals surface area contributed by atoms with Crippen LogP contribution in [0.5, 0.6) is 5.75 Å². The number of ketones is 2. The van der Waals surface area contributed by atoms with Crippen molar-refractivity contribution >= 4 is 23.2 Å². The van der Waals surface area contributed by atoms with Gasteiger partial charge in [-0.25, -0.2) is 0 Å². The second-order valence-electron chi connectivity index (χ2n) is 7.33. The number of halogens is 1. The Morgan fingerprint density at radius 1 is 0.967 bits per heavy atom. The minimum atomic E-state index is -0.0606. The molecule has 0 saturated heterocycles. The molecule has 5 heteroatoms. The molecule has 0 N–H and O–H groups in total. The topological polar surface area (TPSA) is 48.3 Å². The SMILES string of the molecule is CCC(=O)c1ccc(OCC(=O)c2cc(C)n(CCc3ccc(Cl)cc3)c2C)cc1. The number of Topliss-reactive ketones (excluding diaryl/α,β-unsaturated/α-hetero) is 2. The molecule has 30 heavy (non-hydrogen) atoms. The van der Waals surface area contributed by atoms with Crippen LogP contribution in [-0.2, 0) is 13.0 Å². The van der Waals surface area contributed by atoms with Crippen molar-refractivity contribution in [3.05, 3.63) is 87.7 Å². The summed E-state index contributed by atoms with van der Waals surface area (Å²) in [4.78, 5) is 24.4. The highest BCUT2D eigenvalue weighted by Gasteiger charge is 2.16. The highest BCUT2D eigenvalue weighted by Crippen LogP contribution is 2.19. The molecule has 0 aliphatic heterocycles. The molecule has 2 aromatic carbocycles. The molecule has 4 nitrogen and oxygen atoms in total. The van der Waals surface area contributed by atoms with Crippen molar-refractivity contribution in [2.75, 3.05) is 6.61 Å². The lowest BCUT2D eigenvalue weighted by atomic mass is 10.1. The molecule has 0 fully saturated rings. The van der Waals surface area contributed by atoms with Crippen molar-refractivity contribution in [1.29, 1.82) is 0 Å². The third-order valence-corrected chi connectivity index (χ3v) is 5.53. The minimum absolute atomic E-state index is 0.0391. The number of hydrogen-bond donors (Lipinski definition) is 0. The Bertz CT molecular complexity index is 1030. The van der Waals surface area contributed by atoms with E-state index in [9.17, 15) is 9.59 Å². The second-order valence-corrected chi connectivity index (χ2v) is 7.76. The molecular weight excluding hydrogens is 398 g/mol. The zero-order chi connectivity index (χ0) is 21.7. The number of rotatable bonds is 9. The summed E-state index contributed by atoms with van der Waals surface area (Å²) in [5.41, 5.74) is 4.53. The molecule has 0 aliphatic carbocycles. The lowest BCUT2D eigenvalue weighted by molar-refractivity contribution is 0.0919. The number of hydrogen-bond acceptors (Lipinski definition) is 3. The van der Waals surface area contributed by atoms with Crippen molar-refractivity contribution in [2.24, 2.45) is 0 Å². The summed E-state index contributed by atoms with van der Waals surface area (Å²) in [6.45, 7) is 6.56. The van der Waals surface area contributed by atoms with Gasteiger partial charge in [-0.3, -0.25) is 9.59 Å². The molecule has 0 bridgehead atoms. The Hall–Kier alpha value is -2.85. The van der Waals surface area contributed by atoms with Gasteiger partial charge in [0.15, 0.2) is 12.4 Å². The molecule has 0 radical (unpaired) electrons. The zero-order valence-electron chi connectivity index (χ0n) is 17.6. The average Bonchev–Trinajstić information content (AvgIpc) is 3.05. The van der Waals surface area contributed by atoms with Gasteiger partial charge >= 0.3 is 0 Å². The maximum Gasteiger partial charge on any atom is 0.202 e. The number of carbonyl (C=O) groups excluding carboxylic acids is 2. The largest absolute Gasteiger partial charge is 0.485 e. The third kappa shape index (κ3) is 5.19. The van der Waals surface area contributed by atoms with E-state index in [2.05, 4.69) is 4.57 Å². The van der Waals surface area contributed by atoms with Gasteiger partial charge in [-0.05, 0) is 68.3 Å². The van der Waals surface area contributed by atoms with Gasteiger partial charge in [-0.1, -0.05) is 30.7 Å². The lowest BCUT2D eigenvalue weighted by Gasteiger charge is -2.10. The molecule has 1 heterocycles. The zero-order valence-corrected chi connectivity index (χ0v) is 18.3. The van der Waals surface area contributed by atoms with Crippen molar-refractivity contribution < 1.29 is 14.3 Å². The number of aromatic nitrogens is 1. The van der Waals surface area contributed by atoms with E-state index < -0.39 is 0 Å². The van der Waals surface area contributed by atoms with Gasteiger partial charge in [0.05, 0.1) is 0 Å². The summed E-state index contributed by atoms with van der Waals surface area (Å²) >= 11 is 5.95. The number of nitrogens with zero attached hydrogens (tertiary/aromatic N) is 1. The van der Waals surface area contributed by atoms with E-state index in [1.807, 2.05) is 51.1 Å². The first-order valence-electron chi connectivity index (χ1n) is 10.1. The Morgan fingerprint density at radius 2 is 1.63 bits per heavy atom. The molecule has 0 saturated carbocycles. The summed E-state index contributed by atoms with van der Waals surface area (Å²) in [6.07, 6.45) is 1.33. The van der Waals surface area contributed by atoms with Crippen LogP contribution < -0.4 is 4.74 Å². The molecule has 0 amide bonds. The van der Waals surface area contributed by atoms with Crippen LogP contribution >= 0.6 is 11.6 Å². The normalized spacial score (nSPS) is 10.8. The van der Waals surface area contributed by atoms with Crippen LogP contribution in [0.4, 0.5) is 0 Å².